The zero-order valence-corrected chi connectivity index (χ0v) is 18.4. The van der Waals surface area contributed by atoms with Gasteiger partial charge in [-0.05, 0) is 64.1 Å². The van der Waals surface area contributed by atoms with E-state index >= 15 is 0 Å². The van der Waals surface area contributed by atoms with Crippen LogP contribution >= 0.6 is 23.7 Å². The van der Waals surface area contributed by atoms with Crippen molar-refractivity contribution in [2.24, 2.45) is 0 Å². The molecule has 3 atom stereocenters. The summed E-state index contributed by atoms with van der Waals surface area (Å²) in [4.78, 5) is 31.8. The van der Waals surface area contributed by atoms with Crippen molar-refractivity contribution in [3.63, 3.8) is 0 Å². The smallest absolute Gasteiger partial charge is 0.317 e. The van der Waals surface area contributed by atoms with Crippen molar-refractivity contribution >= 4 is 35.6 Å². The van der Waals surface area contributed by atoms with E-state index in [-0.39, 0.29) is 43.0 Å². The lowest BCUT2D eigenvalue weighted by Gasteiger charge is -2.33. The number of carbonyl (C=O) groups is 2. The predicted octanol–water partition coefficient (Wildman–Crippen LogP) is 3.09. The zero-order chi connectivity index (χ0) is 19.4. The van der Waals surface area contributed by atoms with Crippen LogP contribution in [0.5, 0.6) is 0 Å². The maximum absolute atomic E-state index is 13.2. The molecule has 3 heterocycles. The summed E-state index contributed by atoms with van der Waals surface area (Å²) in [5.74, 6) is -0.543. The molecule has 2 saturated heterocycles. The summed E-state index contributed by atoms with van der Waals surface area (Å²) in [7, 11) is 1.89. The van der Waals surface area contributed by atoms with Crippen molar-refractivity contribution in [2.45, 2.75) is 57.2 Å². The Kier molecular flexibility index (Phi) is 8.74. The van der Waals surface area contributed by atoms with Gasteiger partial charge in [0.25, 0.3) is 0 Å². The Morgan fingerprint density at radius 1 is 1.25 bits per heavy atom. The van der Waals surface area contributed by atoms with E-state index in [0.29, 0.717) is 0 Å². The highest BCUT2D eigenvalue weighted by Crippen LogP contribution is 2.35. The van der Waals surface area contributed by atoms with E-state index in [1.165, 1.54) is 4.88 Å². The molecule has 158 valence electrons. The van der Waals surface area contributed by atoms with Crippen LogP contribution in [-0.2, 0) is 9.59 Å². The van der Waals surface area contributed by atoms with Gasteiger partial charge < -0.3 is 10.0 Å². The molecule has 1 aromatic heterocycles. The third-order valence-corrected chi connectivity index (χ3v) is 7.03. The lowest BCUT2D eigenvalue weighted by atomic mass is 10.1. The van der Waals surface area contributed by atoms with Crippen molar-refractivity contribution in [3.8, 4) is 0 Å². The number of carboxylic acid groups (broad SMARTS) is 1. The highest BCUT2D eigenvalue weighted by atomic mass is 35.5. The van der Waals surface area contributed by atoms with Crippen LogP contribution in [0.2, 0.25) is 0 Å². The SMILES string of the molecule is CC(C(=O)N1CCCC1c1cccs1)N1CCCC(N(C)CC(=O)O)CC1.Cl. The first kappa shape index (κ1) is 23.1. The Labute approximate surface area is 177 Å². The average molecular weight is 430 g/mol. The Bertz CT molecular complexity index is 643. The van der Waals surface area contributed by atoms with E-state index in [2.05, 4.69) is 27.3 Å². The molecular formula is C20H32ClN3O3S. The Balaban J connectivity index is 0.00000280. The van der Waals surface area contributed by atoms with Gasteiger partial charge in [0.15, 0.2) is 0 Å². The summed E-state index contributed by atoms with van der Waals surface area (Å²) >= 11 is 1.74. The molecule has 0 saturated carbocycles. The first-order valence-corrected chi connectivity index (χ1v) is 10.9. The van der Waals surface area contributed by atoms with Crippen LogP contribution in [0.4, 0.5) is 0 Å². The Morgan fingerprint density at radius 3 is 2.68 bits per heavy atom. The monoisotopic (exact) mass is 429 g/mol. The number of likely N-dealkylation sites (tertiary alicyclic amines) is 2. The standard InChI is InChI=1S/C20H31N3O3S.ClH/c1-15(20(26)23-11-4-7-17(23)18-8-5-13-27-18)22-10-3-6-16(9-12-22)21(2)14-19(24)25;/h5,8,13,15-17H,3-4,6-7,9-12,14H2,1-2H3,(H,24,25);1H. The van der Waals surface area contributed by atoms with E-state index in [1.54, 1.807) is 11.3 Å². The van der Waals surface area contributed by atoms with E-state index in [0.717, 1.165) is 51.7 Å². The number of thiophene rings is 1. The number of carbonyl (C=O) groups excluding carboxylic acids is 1. The number of hydrogen-bond acceptors (Lipinski definition) is 5. The molecule has 0 spiro atoms. The minimum Gasteiger partial charge on any atom is -0.480 e. The first-order valence-electron chi connectivity index (χ1n) is 9.97. The number of rotatable bonds is 6. The Hall–Kier alpha value is -1.15. The molecular weight excluding hydrogens is 398 g/mol. The predicted molar refractivity (Wildman–Crippen MR) is 114 cm³/mol. The fraction of sp³-hybridized carbons (Fsp3) is 0.700. The zero-order valence-electron chi connectivity index (χ0n) is 16.7. The van der Waals surface area contributed by atoms with Crippen LogP contribution in [0.3, 0.4) is 0 Å². The van der Waals surface area contributed by atoms with Gasteiger partial charge in [-0.3, -0.25) is 19.4 Å². The Morgan fingerprint density at radius 2 is 2.00 bits per heavy atom. The molecule has 2 aliphatic rings. The highest BCUT2D eigenvalue weighted by Gasteiger charge is 2.35. The molecule has 1 aromatic rings. The van der Waals surface area contributed by atoms with E-state index in [9.17, 15) is 9.59 Å². The summed E-state index contributed by atoms with van der Waals surface area (Å²) in [6.45, 7) is 4.72. The van der Waals surface area contributed by atoms with Crippen LogP contribution in [-0.4, -0.2) is 77.0 Å². The summed E-state index contributed by atoms with van der Waals surface area (Å²) in [6, 6.07) is 4.60. The van der Waals surface area contributed by atoms with Gasteiger partial charge in [0.1, 0.15) is 0 Å². The first-order chi connectivity index (χ1) is 13.0. The van der Waals surface area contributed by atoms with Gasteiger partial charge in [0.05, 0.1) is 18.6 Å². The average Bonchev–Trinajstić information content (AvgIpc) is 3.26. The van der Waals surface area contributed by atoms with Crippen molar-refractivity contribution in [2.75, 3.05) is 33.2 Å². The maximum Gasteiger partial charge on any atom is 0.317 e. The van der Waals surface area contributed by atoms with Gasteiger partial charge in [0, 0.05) is 24.0 Å². The summed E-state index contributed by atoms with van der Waals surface area (Å²) in [5.41, 5.74) is 0. The number of amides is 1. The third-order valence-electron chi connectivity index (χ3n) is 6.05. The molecule has 8 heteroatoms. The molecule has 3 unspecified atom stereocenters. The summed E-state index contributed by atoms with van der Waals surface area (Å²) in [5, 5.41) is 11.1. The molecule has 0 aromatic carbocycles. The maximum atomic E-state index is 13.2. The van der Waals surface area contributed by atoms with Crippen LogP contribution in [0.25, 0.3) is 0 Å². The summed E-state index contributed by atoms with van der Waals surface area (Å²) in [6.07, 6.45) is 5.03. The highest BCUT2D eigenvalue weighted by molar-refractivity contribution is 7.10. The summed E-state index contributed by atoms with van der Waals surface area (Å²) < 4.78 is 0. The van der Waals surface area contributed by atoms with Crippen LogP contribution in [0.15, 0.2) is 17.5 Å². The topological polar surface area (TPSA) is 64.1 Å². The van der Waals surface area contributed by atoms with Crippen molar-refractivity contribution < 1.29 is 14.7 Å². The van der Waals surface area contributed by atoms with E-state index in [1.807, 2.05) is 18.9 Å². The molecule has 6 nitrogen and oxygen atoms in total. The van der Waals surface area contributed by atoms with Gasteiger partial charge in [-0.25, -0.2) is 0 Å². The second kappa shape index (κ2) is 10.6. The van der Waals surface area contributed by atoms with Crippen LogP contribution < -0.4 is 0 Å². The number of carboxylic acids is 1. The lowest BCUT2D eigenvalue weighted by molar-refractivity contribution is -0.138. The molecule has 2 aliphatic heterocycles. The van der Waals surface area contributed by atoms with Gasteiger partial charge in [0.2, 0.25) is 5.91 Å². The van der Waals surface area contributed by atoms with Crippen LogP contribution in [0, 0.1) is 0 Å². The number of nitrogens with zero attached hydrogens (tertiary/aromatic N) is 3. The number of halogens is 1. The number of hydrogen-bond donors (Lipinski definition) is 1. The van der Waals surface area contributed by atoms with Crippen LogP contribution in [0.1, 0.15) is 49.9 Å². The van der Waals surface area contributed by atoms with E-state index < -0.39 is 5.97 Å². The van der Waals surface area contributed by atoms with Gasteiger partial charge in [-0.2, -0.15) is 0 Å². The van der Waals surface area contributed by atoms with E-state index in [4.69, 9.17) is 5.11 Å². The van der Waals surface area contributed by atoms with Crippen molar-refractivity contribution in [1.29, 1.82) is 0 Å². The fourth-order valence-electron chi connectivity index (χ4n) is 4.47. The molecule has 2 fully saturated rings. The normalized spacial score (nSPS) is 24.6. The molecule has 3 rings (SSSR count). The second-order valence-electron chi connectivity index (χ2n) is 7.81. The molecule has 28 heavy (non-hydrogen) atoms. The van der Waals surface area contributed by atoms with Gasteiger partial charge in [-0.15, -0.1) is 23.7 Å². The minimum atomic E-state index is -0.782. The largest absolute Gasteiger partial charge is 0.480 e. The molecule has 0 radical (unpaired) electrons. The molecule has 1 N–H and O–H groups in total. The quantitative estimate of drug-likeness (QED) is 0.752. The van der Waals surface area contributed by atoms with Crippen molar-refractivity contribution in [1.82, 2.24) is 14.7 Å². The number of aliphatic carboxylic acids is 1. The van der Waals surface area contributed by atoms with Gasteiger partial charge in [-0.1, -0.05) is 6.07 Å². The second-order valence-corrected chi connectivity index (χ2v) is 8.79. The molecule has 0 bridgehead atoms. The fourth-order valence-corrected chi connectivity index (χ4v) is 5.35. The minimum absolute atomic E-state index is 0. The van der Waals surface area contributed by atoms with Crippen molar-refractivity contribution in [3.05, 3.63) is 22.4 Å². The number of likely N-dealkylation sites (N-methyl/N-ethyl adjacent to an activating group) is 1. The molecule has 1 amide bonds. The van der Waals surface area contributed by atoms with Gasteiger partial charge >= 0.3 is 5.97 Å². The lowest BCUT2D eigenvalue weighted by Crippen LogP contribution is -2.47. The molecule has 0 aliphatic carbocycles. The third kappa shape index (κ3) is 5.47.